The highest BCUT2D eigenvalue weighted by atomic mass is 127. The fourth-order valence-corrected chi connectivity index (χ4v) is 1.62. The summed E-state index contributed by atoms with van der Waals surface area (Å²) in [4.78, 5) is 0. The molecule has 0 unspecified atom stereocenters. The summed E-state index contributed by atoms with van der Waals surface area (Å²) in [6, 6.07) is 2.91. The van der Waals surface area contributed by atoms with Crippen molar-refractivity contribution < 1.29 is 13.9 Å². The molecule has 0 aliphatic carbocycles. The third kappa shape index (κ3) is 2.78. The molecule has 0 amide bonds. The second-order valence-corrected chi connectivity index (χ2v) is 4.10. The van der Waals surface area contributed by atoms with Crippen LogP contribution in [0.4, 0.5) is 4.39 Å². The van der Waals surface area contributed by atoms with Gasteiger partial charge in [-0.15, -0.1) is 0 Å². The van der Waals surface area contributed by atoms with Crippen LogP contribution >= 0.6 is 38.5 Å². The summed E-state index contributed by atoms with van der Waals surface area (Å²) >= 11 is 5.14. The molecule has 0 fully saturated rings. The third-order valence-electron chi connectivity index (χ3n) is 1.33. The summed E-state index contributed by atoms with van der Waals surface area (Å²) in [5.74, 6) is 0.310. The van der Waals surface area contributed by atoms with E-state index in [1.807, 2.05) is 22.6 Å². The smallest absolute Gasteiger partial charge is 0.188 e. The minimum atomic E-state index is -0.266. The van der Waals surface area contributed by atoms with Crippen molar-refractivity contribution in [2.45, 2.75) is 0 Å². The lowest BCUT2D eigenvalue weighted by atomic mass is 10.3. The first kappa shape index (κ1) is 11.2. The Bertz CT molecular complexity index is 306. The van der Waals surface area contributed by atoms with Gasteiger partial charge in [-0.05, 0) is 50.7 Å². The van der Waals surface area contributed by atoms with E-state index < -0.39 is 0 Å². The fourth-order valence-electron chi connectivity index (χ4n) is 0.742. The molecule has 0 saturated heterocycles. The molecule has 2 nitrogen and oxygen atoms in total. The van der Waals surface area contributed by atoms with E-state index in [9.17, 15) is 4.39 Å². The van der Waals surface area contributed by atoms with Gasteiger partial charge >= 0.3 is 0 Å². The fraction of sp³-hybridized carbons (Fsp3) is 0.250. The summed E-state index contributed by atoms with van der Waals surface area (Å²) < 4.78 is 24.0. The van der Waals surface area contributed by atoms with Crippen LogP contribution in [0.2, 0.25) is 0 Å². The summed E-state index contributed by atoms with van der Waals surface area (Å²) in [6.45, 7) is 0.153. The molecule has 0 heterocycles. The van der Waals surface area contributed by atoms with Gasteiger partial charge in [0.2, 0.25) is 0 Å². The lowest BCUT2D eigenvalue weighted by Gasteiger charge is -2.08. The van der Waals surface area contributed by atoms with Crippen LogP contribution in [-0.2, 0) is 4.74 Å². The monoisotopic (exact) mass is 360 g/mol. The normalized spacial score (nSPS) is 10.2. The van der Waals surface area contributed by atoms with Gasteiger partial charge < -0.3 is 9.47 Å². The van der Waals surface area contributed by atoms with Gasteiger partial charge in [-0.25, -0.2) is 4.39 Å². The van der Waals surface area contributed by atoms with E-state index in [4.69, 9.17) is 9.47 Å². The zero-order valence-corrected chi connectivity index (χ0v) is 10.6. The molecule has 0 aliphatic rings. The van der Waals surface area contributed by atoms with Crippen molar-refractivity contribution in [2.24, 2.45) is 0 Å². The average Bonchev–Trinajstić information content (AvgIpc) is 2.13. The van der Waals surface area contributed by atoms with E-state index in [0.29, 0.717) is 13.8 Å². The lowest BCUT2D eigenvalue weighted by Crippen LogP contribution is -2.00. The Hall–Kier alpha value is 0.120. The number of ether oxygens (including phenoxy) is 2. The molecule has 1 rings (SSSR count). The highest BCUT2D eigenvalue weighted by molar-refractivity contribution is 14.1. The van der Waals surface area contributed by atoms with Crippen molar-refractivity contribution in [3.63, 3.8) is 0 Å². The van der Waals surface area contributed by atoms with Gasteiger partial charge in [0.15, 0.2) is 6.79 Å². The summed E-state index contributed by atoms with van der Waals surface area (Å²) in [7, 11) is 1.53. The predicted octanol–water partition coefficient (Wildman–Crippen LogP) is 3.18. The number of rotatable bonds is 3. The van der Waals surface area contributed by atoms with Crippen LogP contribution in [0.1, 0.15) is 0 Å². The number of hydrogen-bond donors (Lipinski definition) is 0. The number of benzene rings is 1. The van der Waals surface area contributed by atoms with Gasteiger partial charge in [-0.2, -0.15) is 0 Å². The van der Waals surface area contributed by atoms with Crippen molar-refractivity contribution in [2.75, 3.05) is 13.9 Å². The van der Waals surface area contributed by atoms with E-state index in [-0.39, 0.29) is 12.6 Å². The molecule has 0 atom stereocenters. The van der Waals surface area contributed by atoms with Crippen LogP contribution in [0.5, 0.6) is 5.75 Å². The van der Waals surface area contributed by atoms with Crippen molar-refractivity contribution in [1.82, 2.24) is 0 Å². The summed E-state index contributed by atoms with van der Waals surface area (Å²) in [5, 5.41) is 0. The van der Waals surface area contributed by atoms with Gasteiger partial charge in [0.05, 0.1) is 8.04 Å². The summed E-state index contributed by atoms with van der Waals surface area (Å²) in [6.07, 6.45) is 0. The maximum atomic E-state index is 13.0. The molecule has 0 saturated carbocycles. The Morgan fingerprint density at radius 1 is 1.54 bits per heavy atom. The zero-order valence-electron chi connectivity index (χ0n) is 6.81. The van der Waals surface area contributed by atoms with Gasteiger partial charge in [-0.1, -0.05) is 0 Å². The third-order valence-corrected chi connectivity index (χ3v) is 3.92. The molecule has 13 heavy (non-hydrogen) atoms. The minimum absolute atomic E-state index is 0.153. The second-order valence-electron chi connectivity index (χ2n) is 2.22. The molecule has 72 valence electrons. The molecule has 0 bridgehead atoms. The first-order chi connectivity index (χ1) is 6.16. The Labute approximate surface area is 97.7 Å². The maximum Gasteiger partial charge on any atom is 0.188 e. The molecule has 0 aliphatic heterocycles. The van der Waals surface area contributed by atoms with Crippen LogP contribution < -0.4 is 4.74 Å². The van der Waals surface area contributed by atoms with Crippen molar-refractivity contribution in [3.8, 4) is 5.75 Å². The highest BCUT2D eigenvalue weighted by Crippen LogP contribution is 2.31. The Morgan fingerprint density at radius 3 is 2.85 bits per heavy atom. The average molecular weight is 361 g/mol. The topological polar surface area (TPSA) is 18.5 Å². The largest absolute Gasteiger partial charge is 0.466 e. The molecular formula is C8H7BrFIO2. The Balaban J connectivity index is 2.90. The van der Waals surface area contributed by atoms with Crippen LogP contribution in [-0.4, -0.2) is 13.9 Å². The van der Waals surface area contributed by atoms with E-state index in [1.54, 1.807) is 6.07 Å². The molecule has 1 aromatic rings. The van der Waals surface area contributed by atoms with Gasteiger partial charge in [0.25, 0.3) is 0 Å². The summed E-state index contributed by atoms with van der Waals surface area (Å²) in [5.41, 5.74) is 0. The highest BCUT2D eigenvalue weighted by Gasteiger charge is 2.09. The van der Waals surface area contributed by atoms with Crippen molar-refractivity contribution in [3.05, 3.63) is 26.0 Å². The molecule has 0 N–H and O–H groups in total. The number of halogens is 3. The number of hydrogen-bond acceptors (Lipinski definition) is 2. The molecule has 1 aromatic carbocycles. The van der Waals surface area contributed by atoms with Gasteiger partial charge in [-0.3, -0.25) is 0 Å². The van der Waals surface area contributed by atoms with Gasteiger partial charge in [0, 0.05) is 7.11 Å². The zero-order chi connectivity index (χ0) is 9.84. The maximum absolute atomic E-state index is 13.0. The first-order valence-electron chi connectivity index (χ1n) is 3.42. The van der Waals surface area contributed by atoms with Crippen LogP contribution in [0.25, 0.3) is 0 Å². The van der Waals surface area contributed by atoms with E-state index >= 15 is 0 Å². The van der Waals surface area contributed by atoms with Crippen LogP contribution in [0.3, 0.4) is 0 Å². The molecule has 0 spiro atoms. The van der Waals surface area contributed by atoms with Crippen molar-refractivity contribution in [1.29, 1.82) is 0 Å². The number of methoxy groups -OCH3 is 1. The predicted molar refractivity (Wildman–Crippen MR) is 59.3 cm³/mol. The standard InChI is InChI=1S/C8H7BrFIO2/c1-12-4-13-6-3-2-5(10)8(11)7(6)9/h2-3H,4H2,1H3. The Morgan fingerprint density at radius 2 is 2.23 bits per heavy atom. The van der Waals surface area contributed by atoms with E-state index in [0.717, 1.165) is 0 Å². The molecular weight excluding hydrogens is 354 g/mol. The van der Waals surface area contributed by atoms with E-state index in [1.165, 1.54) is 13.2 Å². The quantitative estimate of drug-likeness (QED) is 0.468. The minimum Gasteiger partial charge on any atom is -0.466 e. The van der Waals surface area contributed by atoms with E-state index in [2.05, 4.69) is 15.9 Å². The van der Waals surface area contributed by atoms with Gasteiger partial charge in [0.1, 0.15) is 11.6 Å². The first-order valence-corrected chi connectivity index (χ1v) is 5.29. The van der Waals surface area contributed by atoms with Crippen LogP contribution in [0.15, 0.2) is 16.6 Å². The van der Waals surface area contributed by atoms with Crippen molar-refractivity contribution >= 4 is 38.5 Å². The SMILES string of the molecule is COCOc1ccc(F)c(I)c1Br. The molecule has 5 heteroatoms. The Kier molecular flexibility index (Phi) is 4.40. The van der Waals surface area contributed by atoms with Crippen LogP contribution in [0, 0.1) is 9.39 Å². The lowest BCUT2D eigenvalue weighted by molar-refractivity contribution is 0.0504. The second kappa shape index (κ2) is 5.11. The molecule has 0 radical (unpaired) electrons. The molecule has 0 aromatic heterocycles.